The van der Waals surface area contributed by atoms with Crippen molar-refractivity contribution in [2.24, 2.45) is 0 Å². The third-order valence-electron chi connectivity index (χ3n) is 4.20. The van der Waals surface area contributed by atoms with Crippen molar-refractivity contribution in [3.05, 3.63) is 41.7 Å². The third-order valence-corrected chi connectivity index (χ3v) is 6.13. The van der Waals surface area contributed by atoms with Crippen LogP contribution in [0.4, 0.5) is 4.39 Å². The first-order chi connectivity index (χ1) is 11.1. The minimum atomic E-state index is -3.76. The van der Waals surface area contributed by atoms with Crippen molar-refractivity contribution in [3.63, 3.8) is 0 Å². The number of hydrogen-bond donors (Lipinski definition) is 0. The molecule has 126 valence electrons. The van der Waals surface area contributed by atoms with Gasteiger partial charge < -0.3 is 4.74 Å². The Morgan fingerprint density at radius 3 is 2.52 bits per heavy atom. The summed E-state index contributed by atoms with van der Waals surface area (Å²) in [5.41, 5.74) is 1.25. The Kier molecular flexibility index (Phi) is 5.11. The van der Waals surface area contributed by atoms with Crippen molar-refractivity contribution in [3.8, 4) is 0 Å². The Labute approximate surface area is 136 Å². The molecule has 7 heteroatoms. The van der Waals surface area contributed by atoms with Crippen molar-refractivity contribution in [2.75, 3.05) is 45.9 Å². The van der Waals surface area contributed by atoms with Crippen LogP contribution in [0.3, 0.4) is 0 Å². The van der Waals surface area contributed by atoms with E-state index in [1.54, 1.807) is 6.07 Å². The van der Waals surface area contributed by atoms with Gasteiger partial charge in [0.1, 0.15) is 10.7 Å². The molecule has 0 aromatic heterocycles. The highest BCUT2D eigenvalue weighted by Crippen LogP contribution is 2.20. The molecule has 0 N–H and O–H groups in total. The van der Waals surface area contributed by atoms with Crippen LogP contribution in [0, 0.1) is 5.82 Å². The molecule has 0 bridgehead atoms. The molecular weight excluding hydrogens is 319 g/mol. The maximum absolute atomic E-state index is 13.8. The Morgan fingerprint density at radius 1 is 1.13 bits per heavy atom. The van der Waals surface area contributed by atoms with Gasteiger partial charge in [0.15, 0.2) is 0 Å². The van der Waals surface area contributed by atoms with Crippen LogP contribution in [-0.4, -0.2) is 63.6 Å². The molecule has 0 radical (unpaired) electrons. The molecule has 2 heterocycles. The number of hydrogen-bond acceptors (Lipinski definition) is 4. The van der Waals surface area contributed by atoms with Gasteiger partial charge in [-0.2, -0.15) is 4.31 Å². The van der Waals surface area contributed by atoms with Crippen LogP contribution in [0.15, 0.2) is 40.8 Å². The number of nitrogens with zero attached hydrogens (tertiary/aromatic N) is 2. The summed E-state index contributed by atoms with van der Waals surface area (Å²) in [5.74, 6) is -0.695. The summed E-state index contributed by atoms with van der Waals surface area (Å²) in [6.07, 6.45) is 3.14. The molecular formula is C16H21FN2O3S. The maximum atomic E-state index is 13.8. The molecule has 0 atom stereocenters. The first-order valence-electron chi connectivity index (χ1n) is 7.80. The van der Waals surface area contributed by atoms with Gasteiger partial charge >= 0.3 is 0 Å². The lowest BCUT2D eigenvalue weighted by molar-refractivity contribution is 0.135. The summed E-state index contributed by atoms with van der Waals surface area (Å²) in [5, 5.41) is 0. The van der Waals surface area contributed by atoms with Crippen molar-refractivity contribution in [2.45, 2.75) is 11.3 Å². The van der Waals surface area contributed by atoms with Gasteiger partial charge in [-0.3, -0.25) is 4.90 Å². The Bertz CT molecular complexity index is 682. The van der Waals surface area contributed by atoms with Crippen LogP contribution in [0.5, 0.6) is 0 Å². The van der Waals surface area contributed by atoms with Crippen LogP contribution >= 0.6 is 0 Å². The average molecular weight is 340 g/mol. The van der Waals surface area contributed by atoms with Crippen molar-refractivity contribution in [1.82, 2.24) is 9.21 Å². The van der Waals surface area contributed by atoms with Crippen molar-refractivity contribution in [1.29, 1.82) is 0 Å². The lowest BCUT2D eigenvalue weighted by atomic mass is 10.2. The molecule has 0 saturated carbocycles. The number of piperazine rings is 1. The number of ether oxygens (including phenoxy) is 1. The van der Waals surface area contributed by atoms with E-state index >= 15 is 0 Å². The molecule has 1 saturated heterocycles. The number of halogens is 1. The lowest BCUT2D eigenvalue weighted by Crippen LogP contribution is -2.49. The molecule has 5 nitrogen and oxygen atoms in total. The quantitative estimate of drug-likeness (QED) is 0.779. The maximum Gasteiger partial charge on any atom is 0.246 e. The fraction of sp³-hybridized carbons (Fsp3) is 0.500. The van der Waals surface area contributed by atoms with Crippen LogP contribution in [0.1, 0.15) is 6.42 Å². The SMILES string of the molecule is O=S(=O)(c1ccccc1F)N1CCN(CC2=CCCOC2)CC1. The molecule has 0 spiro atoms. The Balaban J connectivity index is 1.62. The topological polar surface area (TPSA) is 49.9 Å². The van der Waals surface area contributed by atoms with Gasteiger partial charge in [0, 0.05) is 32.7 Å². The summed E-state index contributed by atoms with van der Waals surface area (Å²) in [4.78, 5) is 1.98. The summed E-state index contributed by atoms with van der Waals surface area (Å²) in [6.45, 7) is 4.30. The average Bonchev–Trinajstić information content (AvgIpc) is 2.56. The van der Waals surface area contributed by atoms with E-state index in [9.17, 15) is 12.8 Å². The number of rotatable bonds is 4. The highest BCUT2D eigenvalue weighted by Gasteiger charge is 2.30. The third kappa shape index (κ3) is 3.80. The van der Waals surface area contributed by atoms with E-state index in [0.29, 0.717) is 32.8 Å². The van der Waals surface area contributed by atoms with Gasteiger partial charge in [-0.1, -0.05) is 18.2 Å². The molecule has 23 heavy (non-hydrogen) atoms. The van der Waals surface area contributed by atoms with Crippen LogP contribution in [0.2, 0.25) is 0 Å². The van der Waals surface area contributed by atoms with Crippen LogP contribution in [0.25, 0.3) is 0 Å². The minimum absolute atomic E-state index is 0.239. The van der Waals surface area contributed by atoms with Gasteiger partial charge in [-0.05, 0) is 24.1 Å². The van der Waals surface area contributed by atoms with Gasteiger partial charge in [-0.15, -0.1) is 0 Å². The van der Waals surface area contributed by atoms with Gasteiger partial charge in [-0.25, -0.2) is 12.8 Å². The van der Waals surface area contributed by atoms with E-state index in [4.69, 9.17) is 4.74 Å². The van der Waals surface area contributed by atoms with E-state index in [2.05, 4.69) is 11.0 Å². The summed E-state index contributed by atoms with van der Waals surface area (Å²) >= 11 is 0. The van der Waals surface area contributed by atoms with E-state index in [1.807, 2.05) is 0 Å². The fourth-order valence-electron chi connectivity index (χ4n) is 2.93. The zero-order valence-electron chi connectivity index (χ0n) is 12.9. The normalized spacial score (nSPS) is 21.2. The smallest absolute Gasteiger partial charge is 0.246 e. The fourth-order valence-corrected chi connectivity index (χ4v) is 4.41. The molecule has 1 aromatic rings. The minimum Gasteiger partial charge on any atom is -0.377 e. The highest BCUT2D eigenvalue weighted by atomic mass is 32.2. The highest BCUT2D eigenvalue weighted by molar-refractivity contribution is 7.89. The van der Waals surface area contributed by atoms with Crippen LogP contribution in [-0.2, 0) is 14.8 Å². The Morgan fingerprint density at radius 2 is 1.87 bits per heavy atom. The van der Waals surface area contributed by atoms with E-state index < -0.39 is 15.8 Å². The van der Waals surface area contributed by atoms with E-state index in [1.165, 1.54) is 28.1 Å². The second-order valence-corrected chi connectivity index (χ2v) is 7.72. The second-order valence-electron chi connectivity index (χ2n) is 5.81. The lowest BCUT2D eigenvalue weighted by Gasteiger charge is -2.34. The summed E-state index contributed by atoms with van der Waals surface area (Å²) < 4.78 is 45.7. The van der Waals surface area contributed by atoms with E-state index in [0.717, 1.165) is 19.6 Å². The zero-order chi connectivity index (χ0) is 16.3. The predicted octanol–water partition coefficient (Wildman–Crippen LogP) is 1.48. The first kappa shape index (κ1) is 16.6. The second kappa shape index (κ2) is 7.09. The molecule has 2 aliphatic heterocycles. The standard InChI is InChI=1S/C16H21FN2O3S/c17-15-5-1-2-6-16(15)23(20,21)19-9-7-18(8-10-19)12-14-4-3-11-22-13-14/h1-2,4-6H,3,7-13H2. The monoisotopic (exact) mass is 340 g/mol. The predicted molar refractivity (Wildman–Crippen MR) is 85.1 cm³/mol. The Hall–Kier alpha value is -1.28. The largest absolute Gasteiger partial charge is 0.377 e. The molecule has 2 aliphatic rings. The molecule has 1 aromatic carbocycles. The van der Waals surface area contributed by atoms with Crippen molar-refractivity contribution < 1.29 is 17.5 Å². The zero-order valence-corrected chi connectivity index (χ0v) is 13.8. The molecule has 3 rings (SSSR count). The summed E-state index contributed by atoms with van der Waals surface area (Å²) in [7, 11) is -3.76. The van der Waals surface area contributed by atoms with Gasteiger partial charge in [0.05, 0.1) is 13.2 Å². The summed E-state index contributed by atoms with van der Waals surface area (Å²) in [6, 6.07) is 5.54. The van der Waals surface area contributed by atoms with E-state index in [-0.39, 0.29) is 4.90 Å². The number of sulfonamides is 1. The van der Waals surface area contributed by atoms with Gasteiger partial charge in [0.2, 0.25) is 10.0 Å². The van der Waals surface area contributed by atoms with Crippen molar-refractivity contribution >= 4 is 10.0 Å². The first-order valence-corrected chi connectivity index (χ1v) is 9.24. The molecule has 0 aliphatic carbocycles. The molecule has 0 amide bonds. The van der Waals surface area contributed by atoms with Gasteiger partial charge in [0.25, 0.3) is 0 Å². The molecule has 0 unspecified atom stereocenters. The number of benzene rings is 1. The van der Waals surface area contributed by atoms with Crippen LogP contribution < -0.4 is 0 Å². The molecule has 1 fully saturated rings.